The van der Waals surface area contributed by atoms with E-state index in [-0.39, 0.29) is 23.7 Å². The molecule has 0 unspecified atom stereocenters. The number of amides is 1. The van der Waals surface area contributed by atoms with Crippen molar-refractivity contribution in [2.75, 3.05) is 13.2 Å². The maximum absolute atomic E-state index is 13.1. The molecule has 1 aliphatic rings. The summed E-state index contributed by atoms with van der Waals surface area (Å²) in [5.41, 5.74) is 3.19. The third-order valence-corrected chi connectivity index (χ3v) is 5.10. The zero-order chi connectivity index (χ0) is 19.7. The molecule has 27 heavy (non-hydrogen) atoms. The molecule has 1 saturated carbocycles. The summed E-state index contributed by atoms with van der Waals surface area (Å²) in [5, 5.41) is 8.78. The highest BCUT2D eigenvalue weighted by Gasteiger charge is 2.45. The molecule has 1 amide bonds. The molecule has 0 aliphatic heterocycles. The highest BCUT2D eigenvalue weighted by atomic mass is 16.5. The minimum atomic E-state index is -0.169. The van der Waals surface area contributed by atoms with Gasteiger partial charge in [0.25, 0.3) is 5.91 Å². The van der Waals surface area contributed by atoms with E-state index >= 15 is 0 Å². The van der Waals surface area contributed by atoms with Gasteiger partial charge in [0.15, 0.2) is 5.69 Å². The van der Waals surface area contributed by atoms with Gasteiger partial charge in [-0.25, -0.2) is 0 Å². The summed E-state index contributed by atoms with van der Waals surface area (Å²) in [5.74, 6) is -0.299. The van der Waals surface area contributed by atoms with Gasteiger partial charge in [0.05, 0.1) is 24.8 Å². The van der Waals surface area contributed by atoms with E-state index in [1.807, 2.05) is 34.0 Å². The second-order valence-corrected chi connectivity index (χ2v) is 7.24. The minimum absolute atomic E-state index is 0.115. The molecule has 146 valence electrons. The zero-order valence-corrected chi connectivity index (χ0v) is 16.6. The normalized spacial score (nSPS) is 18.4. The van der Waals surface area contributed by atoms with Crippen LogP contribution in [0.3, 0.4) is 0 Å². The van der Waals surface area contributed by atoms with Crippen LogP contribution in [0, 0.1) is 25.7 Å². The molecule has 2 atom stereocenters. The average molecular weight is 373 g/mol. The van der Waals surface area contributed by atoms with Gasteiger partial charge in [-0.2, -0.15) is 10.2 Å². The number of aromatic nitrogens is 4. The lowest BCUT2D eigenvalue weighted by molar-refractivity contribution is -0.145. The van der Waals surface area contributed by atoms with Crippen molar-refractivity contribution < 1.29 is 14.3 Å². The molecule has 2 aromatic heterocycles. The lowest BCUT2D eigenvalue weighted by atomic mass is 10.2. The second-order valence-electron chi connectivity index (χ2n) is 7.24. The largest absolute Gasteiger partial charge is 0.466 e. The van der Waals surface area contributed by atoms with E-state index in [2.05, 4.69) is 10.2 Å². The molecule has 0 saturated heterocycles. The predicted molar refractivity (Wildman–Crippen MR) is 98.9 cm³/mol. The molecule has 2 heterocycles. The number of rotatable bonds is 7. The van der Waals surface area contributed by atoms with Gasteiger partial charge in [-0.05, 0) is 45.2 Å². The lowest BCUT2D eigenvalue weighted by Crippen LogP contribution is -2.33. The van der Waals surface area contributed by atoms with Crippen LogP contribution in [0.1, 0.15) is 40.9 Å². The van der Waals surface area contributed by atoms with Gasteiger partial charge in [0.2, 0.25) is 0 Å². The first kappa shape index (κ1) is 19.1. The molecule has 1 aliphatic carbocycles. The van der Waals surface area contributed by atoms with E-state index in [0.717, 1.165) is 23.5 Å². The average Bonchev–Trinajstić information content (AvgIpc) is 3.20. The van der Waals surface area contributed by atoms with Crippen LogP contribution < -0.4 is 0 Å². The molecule has 3 rings (SSSR count). The molecule has 0 bridgehead atoms. The number of carbonyl (C=O) groups excluding carboxylic acids is 2. The first-order chi connectivity index (χ1) is 12.8. The Morgan fingerprint density at radius 3 is 2.41 bits per heavy atom. The lowest BCUT2D eigenvalue weighted by Gasteiger charge is -2.21. The van der Waals surface area contributed by atoms with Gasteiger partial charge in [0.1, 0.15) is 0 Å². The number of aryl methyl sites for hydroxylation is 4. The summed E-state index contributed by atoms with van der Waals surface area (Å²) in [6.07, 6.45) is 0.755. The van der Waals surface area contributed by atoms with Crippen molar-refractivity contribution in [3.8, 4) is 0 Å². The molecule has 8 heteroatoms. The standard InChI is InChI=1S/C19H27N5O3/c1-6-27-19(26)16-9-14(16)10-24(11-15-7-12(2)22(4)20-15)18(25)17-8-13(3)23(5)21-17/h7-8,14,16H,6,9-11H2,1-5H3/t14-,16-/m0/s1. The van der Waals surface area contributed by atoms with Crippen LogP contribution in [0.4, 0.5) is 0 Å². The minimum Gasteiger partial charge on any atom is -0.466 e. The Bertz CT molecular complexity index is 815. The Balaban J connectivity index is 1.76. The number of ether oxygens (including phenoxy) is 1. The predicted octanol–water partition coefficient (Wildman–Crippen LogP) is 1.61. The van der Waals surface area contributed by atoms with Gasteiger partial charge in [-0.15, -0.1) is 0 Å². The molecular weight excluding hydrogens is 346 g/mol. The fraction of sp³-hybridized carbons (Fsp3) is 0.579. The molecule has 0 radical (unpaired) electrons. The monoisotopic (exact) mass is 373 g/mol. The van der Waals surface area contributed by atoms with Crippen LogP contribution in [-0.2, 0) is 30.2 Å². The summed E-state index contributed by atoms with van der Waals surface area (Å²) in [4.78, 5) is 26.7. The highest BCUT2D eigenvalue weighted by molar-refractivity contribution is 5.92. The van der Waals surface area contributed by atoms with Gasteiger partial charge in [-0.1, -0.05) is 0 Å². The molecule has 2 aromatic rings. The van der Waals surface area contributed by atoms with Crippen LogP contribution in [0.25, 0.3) is 0 Å². The highest BCUT2D eigenvalue weighted by Crippen LogP contribution is 2.40. The summed E-state index contributed by atoms with van der Waals surface area (Å²) >= 11 is 0. The summed E-state index contributed by atoms with van der Waals surface area (Å²) in [7, 11) is 3.70. The van der Waals surface area contributed by atoms with Crippen molar-refractivity contribution in [2.24, 2.45) is 25.9 Å². The number of hydrogen-bond donors (Lipinski definition) is 0. The number of hydrogen-bond acceptors (Lipinski definition) is 5. The van der Waals surface area contributed by atoms with E-state index in [1.165, 1.54) is 0 Å². The molecule has 1 fully saturated rings. The Hall–Kier alpha value is -2.64. The van der Waals surface area contributed by atoms with Crippen molar-refractivity contribution in [1.29, 1.82) is 0 Å². The first-order valence-electron chi connectivity index (χ1n) is 9.26. The van der Waals surface area contributed by atoms with E-state index in [4.69, 9.17) is 4.74 Å². The fourth-order valence-corrected chi connectivity index (χ4v) is 3.22. The van der Waals surface area contributed by atoms with Crippen molar-refractivity contribution in [1.82, 2.24) is 24.5 Å². The number of carbonyl (C=O) groups is 2. The van der Waals surface area contributed by atoms with E-state index in [1.54, 1.807) is 27.3 Å². The van der Waals surface area contributed by atoms with Crippen LogP contribution in [-0.4, -0.2) is 49.5 Å². The van der Waals surface area contributed by atoms with Crippen LogP contribution in [0.2, 0.25) is 0 Å². The van der Waals surface area contributed by atoms with Gasteiger partial charge in [0, 0.05) is 32.0 Å². The summed E-state index contributed by atoms with van der Waals surface area (Å²) in [6, 6.07) is 3.76. The Morgan fingerprint density at radius 2 is 1.85 bits per heavy atom. The molecule has 0 spiro atoms. The fourth-order valence-electron chi connectivity index (χ4n) is 3.22. The van der Waals surface area contributed by atoms with Gasteiger partial charge >= 0.3 is 5.97 Å². The number of esters is 1. The SMILES string of the molecule is CCOC(=O)[C@H]1C[C@H]1CN(Cc1cc(C)n(C)n1)C(=O)c1cc(C)n(C)n1. The Labute approximate surface area is 159 Å². The molecule has 8 nitrogen and oxygen atoms in total. The van der Waals surface area contributed by atoms with Gasteiger partial charge < -0.3 is 9.64 Å². The quantitative estimate of drug-likeness (QED) is 0.689. The summed E-state index contributed by atoms with van der Waals surface area (Å²) < 4.78 is 8.59. The second kappa shape index (κ2) is 7.54. The molecule has 0 aromatic carbocycles. The molecule has 0 N–H and O–H groups in total. The van der Waals surface area contributed by atoms with Crippen molar-refractivity contribution in [3.05, 3.63) is 34.9 Å². The Morgan fingerprint density at radius 1 is 1.19 bits per heavy atom. The van der Waals surface area contributed by atoms with Crippen molar-refractivity contribution >= 4 is 11.9 Å². The van der Waals surface area contributed by atoms with E-state index in [0.29, 0.717) is 25.4 Å². The zero-order valence-electron chi connectivity index (χ0n) is 16.6. The van der Waals surface area contributed by atoms with Crippen LogP contribution in [0.15, 0.2) is 12.1 Å². The van der Waals surface area contributed by atoms with Crippen molar-refractivity contribution in [2.45, 2.75) is 33.7 Å². The van der Waals surface area contributed by atoms with Crippen LogP contribution in [0.5, 0.6) is 0 Å². The van der Waals surface area contributed by atoms with Crippen molar-refractivity contribution in [3.63, 3.8) is 0 Å². The van der Waals surface area contributed by atoms with Gasteiger partial charge in [-0.3, -0.25) is 19.0 Å². The third-order valence-electron chi connectivity index (χ3n) is 5.10. The Kier molecular flexibility index (Phi) is 5.34. The summed E-state index contributed by atoms with van der Waals surface area (Å²) in [6.45, 7) is 6.95. The smallest absolute Gasteiger partial charge is 0.309 e. The van der Waals surface area contributed by atoms with Crippen LogP contribution >= 0.6 is 0 Å². The maximum atomic E-state index is 13.1. The van der Waals surface area contributed by atoms with E-state index < -0.39 is 0 Å². The van der Waals surface area contributed by atoms with E-state index in [9.17, 15) is 9.59 Å². The first-order valence-corrected chi connectivity index (χ1v) is 9.26. The maximum Gasteiger partial charge on any atom is 0.309 e. The molecular formula is C19H27N5O3. The number of nitrogens with zero attached hydrogens (tertiary/aromatic N) is 5. The topological polar surface area (TPSA) is 82.3 Å². The third kappa shape index (κ3) is 4.20.